The number of amides is 1. The molecule has 94 valence electrons. The van der Waals surface area contributed by atoms with Crippen LogP contribution in [0.5, 0.6) is 0 Å². The van der Waals surface area contributed by atoms with Crippen molar-refractivity contribution in [3.05, 3.63) is 23.4 Å². The van der Waals surface area contributed by atoms with Gasteiger partial charge in [0.25, 0.3) is 0 Å². The van der Waals surface area contributed by atoms with Crippen LogP contribution in [-0.4, -0.2) is 22.8 Å². The minimum atomic E-state index is -0.919. The highest BCUT2D eigenvalue weighted by Gasteiger charge is 2.18. The molecule has 5 heteroatoms. The predicted molar refractivity (Wildman–Crippen MR) is 62.4 cm³/mol. The van der Waals surface area contributed by atoms with Gasteiger partial charge in [0.1, 0.15) is 5.60 Å². The number of carboxylic acid groups (broad SMARTS) is 1. The molecule has 0 spiro atoms. The van der Waals surface area contributed by atoms with Crippen molar-refractivity contribution < 1.29 is 19.4 Å². The fraction of sp³-hybridized carbons (Fsp3) is 0.500. The number of carbonyl (C=O) groups excluding carboxylic acids is 1. The number of aliphatic carboxylic acids is 1. The Hall–Kier alpha value is -1.78. The second-order valence-corrected chi connectivity index (χ2v) is 4.82. The molecule has 1 rings (SSSR count). The molecule has 0 aromatic carbocycles. The lowest BCUT2D eigenvalue weighted by molar-refractivity contribution is -0.132. The van der Waals surface area contributed by atoms with Crippen molar-refractivity contribution in [2.75, 3.05) is 0 Å². The number of nitrogens with one attached hydrogen (secondary N) is 1. The third-order valence-corrected chi connectivity index (χ3v) is 2.09. The molecule has 0 fully saturated rings. The van der Waals surface area contributed by atoms with Crippen molar-refractivity contribution >= 4 is 12.1 Å². The van der Waals surface area contributed by atoms with Crippen LogP contribution in [0.15, 0.2) is 23.4 Å². The molecule has 0 bridgehead atoms. The first kappa shape index (κ1) is 13.3. The molecule has 0 saturated carbocycles. The van der Waals surface area contributed by atoms with Crippen molar-refractivity contribution in [2.45, 2.75) is 39.2 Å². The average molecular weight is 239 g/mol. The minimum Gasteiger partial charge on any atom is -0.478 e. The maximum absolute atomic E-state index is 11.4. The van der Waals surface area contributed by atoms with Gasteiger partial charge in [-0.2, -0.15) is 0 Å². The Labute approximate surface area is 100 Å². The van der Waals surface area contributed by atoms with Crippen LogP contribution >= 0.6 is 0 Å². The molecule has 1 aliphatic rings. The molecule has 0 radical (unpaired) electrons. The van der Waals surface area contributed by atoms with Crippen LogP contribution in [0.4, 0.5) is 4.79 Å². The molecule has 0 atom stereocenters. The van der Waals surface area contributed by atoms with Crippen molar-refractivity contribution in [1.29, 1.82) is 0 Å². The summed E-state index contributed by atoms with van der Waals surface area (Å²) < 4.78 is 5.09. The standard InChI is InChI=1S/C12H17NO4/c1-12(2,3)17-11(16)13-9-6-4-8(5-7-9)10(14)15/h4,6H,5,7H2,1-3H3,(H,13,16)(H,14,15). The Morgan fingerprint density at radius 2 is 1.94 bits per heavy atom. The van der Waals surface area contributed by atoms with E-state index < -0.39 is 17.7 Å². The lowest BCUT2D eigenvalue weighted by atomic mass is 10.0. The van der Waals surface area contributed by atoms with Gasteiger partial charge in [0.15, 0.2) is 0 Å². The molecule has 2 N–H and O–H groups in total. The number of rotatable bonds is 2. The average Bonchev–Trinajstić information content (AvgIpc) is 2.15. The second-order valence-electron chi connectivity index (χ2n) is 4.82. The Kier molecular flexibility index (Phi) is 3.93. The highest BCUT2D eigenvalue weighted by molar-refractivity contribution is 5.87. The summed E-state index contributed by atoms with van der Waals surface area (Å²) in [6.07, 6.45) is 3.49. The Morgan fingerprint density at radius 3 is 2.35 bits per heavy atom. The van der Waals surface area contributed by atoms with Gasteiger partial charge in [0, 0.05) is 11.3 Å². The van der Waals surface area contributed by atoms with E-state index in [1.807, 2.05) is 0 Å². The van der Waals surface area contributed by atoms with Crippen LogP contribution < -0.4 is 5.32 Å². The van der Waals surface area contributed by atoms with Crippen molar-refractivity contribution in [3.8, 4) is 0 Å². The number of ether oxygens (including phenoxy) is 1. The zero-order valence-electron chi connectivity index (χ0n) is 10.2. The van der Waals surface area contributed by atoms with E-state index >= 15 is 0 Å². The molecular weight excluding hydrogens is 222 g/mol. The summed E-state index contributed by atoms with van der Waals surface area (Å²) in [6.45, 7) is 5.35. The number of carboxylic acids is 1. The molecule has 0 saturated heterocycles. The molecule has 17 heavy (non-hydrogen) atoms. The van der Waals surface area contributed by atoms with Gasteiger partial charge < -0.3 is 9.84 Å². The number of allylic oxidation sites excluding steroid dienone is 3. The summed E-state index contributed by atoms with van der Waals surface area (Å²) in [5, 5.41) is 11.3. The van der Waals surface area contributed by atoms with Gasteiger partial charge in [-0.15, -0.1) is 0 Å². The van der Waals surface area contributed by atoms with E-state index in [0.717, 1.165) is 0 Å². The van der Waals surface area contributed by atoms with Gasteiger partial charge in [-0.3, -0.25) is 5.32 Å². The maximum Gasteiger partial charge on any atom is 0.411 e. The van der Waals surface area contributed by atoms with Crippen LogP contribution in [0.2, 0.25) is 0 Å². The number of carbonyl (C=O) groups is 2. The van der Waals surface area contributed by atoms with Crippen LogP contribution in [0.3, 0.4) is 0 Å². The number of hydrogen-bond donors (Lipinski definition) is 2. The van der Waals surface area contributed by atoms with E-state index in [0.29, 0.717) is 24.1 Å². The van der Waals surface area contributed by atoms with Gasteiger partial charge in [0.05, 0.1) is 0 Å². The zero-order chi connectivity index (χ0) is 13.1. The Morgan fingerprint density at radius 1 is 1.29 bits per heavy atom. The molecule has 5 nitrogen and oxygen atoms in total. The molecule has 0 unspecified atom stereocenters. The van der Waals surface area contributed by atoms with Crippen molar-refractivity contribution in [1.82, 2.24) is 5.32 Å². The fourth-order valence-electron chi connectivity index (χ4n) is 1.35. The van der Waals surface area contributed by atoms with E-state index in [1.54, 1.807) is 26.8 Å². The smallest absolute Gasteiger partial charge is 0.411 e. The van der Waals surface area contributed by atoms with E-state index in [-0.39, 0.29) is 0 Å². The highest BCUT2D eigenvalue weighted by Crippen LogP contribution is 2.17. The van der Waals surface area contributed by atoms with Crippen LogP contribution in [0, 0.1) is 0 Å². The molecule has 1 amide bonds. The van der Waals surface area contributed by atoms with E-state index in [1.165, 1.54) is 6.08 Å². The first-order chi connectivity index (χ1) is 7.78. The normalized spacial score (nSPS) is 15.7. The van der Waals surface area contributed by atoms with Gasteiger partial charge in [0.2, 0.25) is 0 Å². The molecule has 0 aliphatic heterocycles. The van der Waals surface area contributed by atoms with E-state index in [4.69, 9.17) is 9.84 Å². The van der Waals surface area contributed by atoms with Gasteiger partial charge >= 0.3 is 12.1 Å². The summed E-state index contributed by atoms with van der Waals surface area (Å²) in [4.78, 5) is 22.1. The number of hydrogen-bond acceptors (Lipinski definition) is 3. The summed E-state index contributed by atoms with van der Waals surface area (Å²) in [6, 6.07) is 0. The van der Waals surface area contributed by atoms with Gasteiger partial charge in [-0.25, -0.2) is 9.59 Å². The van der Waals surface area contributed by atoms with Gasteiger partial charge in [-0.1, -0.05) is 6.08 Å². The fourth-order valence-corrected chi connectivity index (χ4v) is 1.35. The SMILES string of the molecule is CC(C)(C)OC(=O)NC1=CC=C(C(=O)O)CC1. The third kappa shape index (κ3) is 4.72. The van der Waals surface area contributed by atoms with Crippen molar-refractivity contribution in [2.24, 2.45) is 0 Å². The predicted octanol–water partition coefficient (Wildman–Crippen LogP) is 2.20. The van der Waals surface area contributed by atoms with E-state index in [9.17, 15) is 9.59 Å². The zero-order valence-corrected chi connectivity index (χ0v) is 10.2. The van der Waals surface area contributed by atoms with Crippen LogP contribution in [0.1, 0.15) is 33.6 Å². The third-order valence-electron chi connectivity index (χ3n) is 2.09. The Bertz CT molecular complexity index is 388. The lowest BCUT2D eigenvalue weighted by Gasteiger charge is -2.21. The maximum atomic E-state index is 11.4. The summed E-state index contributed by atoms with van der Waals surface area (Å²) in [5.41, 5.74) is 0.477. The number of alkyl carbamates (subject to hydrolysis) is 1. The van der Waals surface area contributed by atoms with Crippen molar-refractivity contribution in [3.63, 3.8) is 0 Å². The molecule has 0 aromatic heterocycles. The summed E-state index contributed by atoms with van der Waals surface area (Å²) in [5.74, 6) is -0.919. The van der Waals surface area contributed by atoms with Crippen LogP contribution in [-0.2, 0) is 9.53 Å². The quantitative estimate of drug-likeness (QED) is 0.774. The molecule has 1 aliphatic carbocycles. The monoisotopic (exact) mass is 239 g/mol. The van der Waals surface area contributed by atoms with E-state index in [2.05, 4.69) is 5.32 Å². The lowest BCUT2D eigenvalue weighted by Crippen LogP contribution is -2.32. The summed E-state index contributed by atoms with van der Waals surface area (Å²) >= 11 is 0. The first-order valence-corrected chi connectivity index (χ1v) is 5.41. The van der Waals surface area contributed by atoms with Crippen LogP contribution in [0.25, 0.3) is 0 Å². The highest BCUT2D eigenvalue weighted by atomic mass is 16.6. The minimum absolute atomic E-state index is 0.347. The summed E-state index contributed by atoms with van der Waals surface area (Å²) in [7, 11) is 0. The Balaban J connectivity index is 2.55. The topological polar surface area (TPSA) is 75.6 Å². The first-order valence-electron chi connectivity index (χ1n) is 5.41. The molecule has 0 heterocycles. The largest absolute Gasteiger partial charge is 0.478 e. The molecule has 0 aromatic rings. The van der Waals surface area contributed by atoms with Gasteiger partial charge in [-0.05, 0) is 39.7 Å². The second kappa shape index (κ2) is 5.03. The molecular formula is C12H17NO4.